The van der Waals surface area contributed by atoms with Gasteiger partial charge in [-0.05, 0) is 31.2 Å². The molecule has 2 aromatic rings. The Morgan fingerprint density at radius 2 is 1.95 bits per heavy atom. The molecule has 0 saturated heterocycles. The Bertz CT molecular complexity index is 736. The van der Waals surface area contributed by atoms with Crippen molar-refractivity contribution in [2.24, 2.45) is 0 Å². The number of benzene rings is 1. The van der Waals surface area contributed by atoms with Crippen LogP contribution < -0.4 is 11.1 Å². The maximum absolute atomic E-state index is 12.2. The molecular formula is C14H19N3O2S2. The number of nitrogens with one attached hydrogen (secondary N) is 1. The first-order valence-electron chi connectivity index (χ1n) is 6.42. The first kappa shape index (κ1) is 15.8. The van der Waals surface area contributed by atoms with Gasteiger partial charge in [0.15, 0.2) is 0 Å². The molecule has 0 spiro atoms. The van der Waals surface area contributed by atoms with Crippen LogP contribution in [0.3, 0.4) is 0 Å². The lowest BCUT2D eigenvalue weighted by Gasteiger charge is -2.16. The molecule has 21 heavy (non-hydrogen) atoms. The van der Waals surface area contributed by atoms with Gasteiger partial charge in [0.25, 0.3) is 0 Å². The number of rotatable bonds is 5. The second kappa shape index (κ2) is 6.05. The summed E-state index contributed by atoms with van der Waals surface area (Å²) in [7, 11) is -0.559. The zero-order valence-corrected chi connectivity index (χ0v) is 13.9. The maximum Gasteiger partial charge on any atom is 0.244 e. The molecule has 0 atom stereocenters. The third-order valence-corrected chi connectivity index (χ3v) is 5.95. The fourth-order valence-electron chi connectivity index (χ4n) is 1.88. The largest absolute Gasteiger partial charge is 0.396 e. The number of para-hydroxylation sites is 1. The Kier molecular flexibility index (Phi) is 4.55. The van der Waals surface area contributed by atoms with Gasteiger partial charge in [-0.25, -0.2) is 12.7 Å². The summed E-state index contributed by atoms with van der Waals surface area (Å²) in [6, 6.07) is 9.09. The van der Waals surface area contributed by atoms with Gasteiger partial charge in [0, 0.05) is 30.4 Å². The van der Waals surface area contributed by atoms with E-state index in [-0.39, 0.29) is 10.6 Å². The first-order chi connectivity index (χ1) is 9.82. The number of nitrogen functional groups attached to an aromatic ring is 1. The third-order valence-electron chi connectivity index (χ3n) is 3.07. The fraction of sp³-hybridized carbons (Fsp3) is 0.286. The zero-order valence-electron chi connectivity index (χ0n) is 12.3. The summed E-state index contributed by atoms with van der Waals surface area (Å²) < 4.78 is 25.6. The summed E-state index contributed by atoms with van der Waals surface area (Å²) in [6.45, 7) is 2.67. The number of hydrogen-bond acceptors (Lipinski definition) is 5. The Hall–Kier alpha value is -1.57. The number of nitrogens with zero attached hydrogens (tertiary/aromatic N) is 1. The molecule has 7 heteroatoms. The van der Waals surface area contributed by atoms with Crippen LogP contribution in [0, 0.1) is 6.92 Å². The average Bonchev–Trinajstić information content (AvgIpc) is 2.83. The lowest BCUT2D eigenvalue weighted by atomic mass is 10.2. The van der Waals surface area contributed by atoms with Crippen LogP contribution >= 0.6 is 11.3 Å². The van der Waals surface area contributed by atoms with Crippen LogP contribution in [0.5, 0.6) is 0 Å². The smallest absolute Gasteiger partial charge is 0.244 e. The number of sulfonamides is 1. The molecule has 0 unspecified atom stereocenters. The van der Waals surface area contributed by atoms with Gasteiger partial charge >= 0.3 is 0 Å². The second-order valence-corrected chi connectivity index (χ2v) is 8.36. The second-order valence-electron chi connectivity index (χ2n) is 4.87. The van der Waals surface area contributed by atoms with E-state index in [9.17, 15) is 8.42 Å². The Balaban J connectivity index is 2.26. The minimum absolute atomic E-state index is 0.125. The summed E-state index contributed by atoms with van der Waals surface area (Å²) in [5.74, 6) is 0. The fourth-order valence-corrected chi connectivity index (χ4v) is 3.74. The summed E-state index contributed by atoms with van der Waals surface area (Å²) in [5, 5.41) is 3.20. The van der Waals surface area contributed by atoms with E-state index >= 15 is 0 Å². The van der Waals surface area contributed by atoms with Crippen molar-refractivity contribution in [2.75, 3.05) is 25.1 Å². The normalized spacial score (nSPS) is 11.8. The van der Waals surface area contributed by atoms with E-state index in [2.05, 4.69) is 11.4 Å². The molecule has 0 radical (unpaired) electrons. The van der Waals surface area contributed by atoms with Crippen LogP contribution in [0.15, 0.2) is 35.2 Å². The molecule has 0 aliphatic rings. The van der Waals surface area contributed by atoms with Gasteiger partial charge in [-0.1, -0.05) is 6.07 Å². The molecule has 5 nitrogen and oxygen atoms in total. The summed E-state index contributed by atoms with van der Waals surface area (Å²) >= 11 is 1.70. The maximum atomic E-state index is 12.2. The highest BCUT2D eigenvalue weighted by Crippen LogP contribution is 2.29. The molecule has 0 aliphatic carbocycles. The van der Waals surface area contributed by atoms with Crippen molar-refractivity contribution < 1.29 is 8.42 Å². The number of thiophene rings is 1. The van der Waals surface area contributed by atoms with E-state index in [1.807, 2.05) is 13.0 Å². The van der Waals surface area contributed by atoms with Crippen molar-refractivity contribution in [1.82, 2.24) is 4.31 Å². The monoisotopic (exact) mass is 325 g/mol. The molecular weight excluding hydrogens is 306 g/mol. The van der Waals surface area contributed by atoms with Crippen molar-refractivity contribution in [3.63, 3.8) is 0 Å². The van der Waals surface area contributed by atoms with Gasteiger partial charge in [0.2, 0.25) is 10.0 Å². The van der Waals surface area contributed by atoms with Gasteiger partial charge < -0.3 is 11.1 Å². The van der Waals surface area contributed by atoms with E-state index in [1.54, 1.807) is 23.5 Å². The number of nitrogens with two attached hydrogens (primary N) is 1. The van der Waals surface area contributed by atoms with Gasteiger partial charge in [-0.2, -0.15) is 0 Å². The van der Waals surface area contributed by atoms with E-state index in [0.717, 1.165) is 4.31 Å². The molecule has 1 aromatic heterocycles. The van der Waals surface area contributed by atoms with Gasteiger partial charge in [0.05, 0.1) is 11.4 Å². The summed E-state index contributed by atoms with van der Waals surface area (Å²) in [5.41, 5.74) is 6.89. The Morgan fingerprint density at radius 3 is 2.52 bits per heavy atom. The van der Waals surface area contributed by atoms with Crippen LogP contribution in [0.4, 0.5) is 11.4 Å². The third kappa shape index (κ3) is 3.37. The van der Waals surface area contributed by atoms with Gasteiger partial charge in [0.1, 0.15) is 4.90 Å². The molecule has 0 saturated carbocycles. The molecule has 2 rings (SSSR count). The molecule has 1 aromatic carbocycles. The van der Waals surface area contributed by atoms with Crippen molar-refractivity contribution in [2.45, 2.75) is 18.4 Å². The lowest BCUT2D eigenvalue weighted by Crippen LogP contribution is -2.23. The van der Waals surface area contributed by atoms with Crippen molar-refractivity contribution in [1.29, 1.82) is 0 Å². The van der Waals surface area contributed by atoms with Crippen molar-refractivity contribution in [3.8, 4) is 0 Å². The van der Waals surface area contributed by atoms with E-state index in [0.29, 0.717) is 12.2 Å². The molecule has 1 heterocycles. The number of anilines is 2. The Labute approximate surface area is 129 Å². The Morgan fingerprint density at radius 1 is 1.24 bits per heavy atom. The van der Waals surface area contributed by atoms with Crippen LogP contribution in [-0.2, 0) is 16.6 Å². The van der Waals surface area contributed by atoms with E-state index in [4.69, 9.17) is 5.73 Å². The standard InChI is InChI=1S/C14H19N3O2S2/c1-10-7-8-11(20-10)9-16-12-5-4-6-13(14(12)15)21(18,19)17(2)3/h4-8,16H,9,15H2,1-3H3. The van der Waals surface area contributed by atoms with E-state index in [1.165, 1.54) is 29.9 Å². The zero-order chi connectivity index (χ0) is 15.6. The molecule has 114 valence electrons. The lowest BCUT2D eigenvalue weighted by molar-refractivity contribution is 0.521. The topological polar surface area (TPSA) is 75.4 Å². The predicted molar refractivity (Wildman–Crippen MR) is 88.1 cm³/mol. The highest BCUT2D eigenvalue weighted by atomic mass is 32.2. The highest BCUT2D eigenvalue weighted by molar-refractivity contribution is 7.89. The number of hydrogen-bond donors (Lipinski definition) is 2. The van der Waals surface area contributed by atoms with Gasteiger partial charge in [-0.15, -0.1) is 11.3 Å². The van der Waals surface area contributed by atoms with Crippen LogP contribution in [0.1, 0.15) is 9.75 Å². The molecule has 0 amide bonds. The predicted octanol–water partition coefficient (Wildman–Crippen LogP) is 2.50. The minimum Gasteiger partial charge on any atom is -0.396 e. The molecule has 3 N–H and O–H groups in total. The molecule has 0 aliphatic heterocycles. The first-order valence-corrected chi connectivity index (χ1v) is 8.68. The quantitative estimate of drug-likeness (QED) is 0.828. The molecule has 0 bridgehead atoms. The SMILES string of the molecule is Cc1ccc(CNc2cccc(S(=O)(=O)N(C)C)c2N)s1. The molecule has 0 fully saturated rings. The van der Waals surface area contributed by atoms with Crippen LogP contribution in [0.25, 0.3) is 0 Å². The minimum atomic E-state index is -3.54. The summed E-state index contributed by atoms with van der Waals surface area (Å²) in [6.07, 6.45) is 0. The highest BCUT2D eigenvalue weighted by Gasteiger charge is 2.21. The average molecular weight is 325 g/mol. The van der Waals surface area contributed by atoms with Crippen LogP contribution in [0.2, 0.25) is 0 Å². The van der Waals surface area contributed by atoms with Gasteiger partial charge in [-0.3, -0.25) is 0 Å². The van der Waals surface area contributed by atoms with E-state index < -0.39 is 10.0 Å². The van der Waals surface area contributed by atoms with Crippen LogP contribution in [-0.4, -0.2) is 26.8 Å². The number of aryl methyl sites for hydroxylation is 1. The summed E-state index contributed by atoms with van der Waals surface area (Å²) in [4.78, 5) is 2.54. The van der Waals surface area contributed by atoms with Crippen molar-refractivity contribution >= 4 is 32.7 Å². The van der Waals surface area contributed by atoms with Crippen molar-refractivity contribution in [3.05, 3.63) is 40.1 Å².